The van der Waals surface area contributed by atoms with Gasteiger partial charge >= 0.3 is 0 Å². The molecule has 1 nitrogen and oxygen atoms in total. The molecule has 11 heavy (non-hydrogen) atoms. The molecule has 0 saturated carbocycles. The minimum Gasteiger partial charge on any atom is -0.313 e. The summed E-state index contributed by atoms with van der Waals surface area (Å²) >= 11 is 1.76. The third-order valence-electron chi connectivity index (χ3n) is 1.70. The van der Waals surface area contributed by atoms with Crippen molar-refractivity contribution in [3.63, 3.8) is 0 Å². The lowest BCUT2D eigenvalue weighted by molar-refractivity contribution is 1.04. The third-order valence-corrected chi connectivity index (χ3v) is 2.56. The number of rotatable bonds is 1. The van der Waals surface area contributed by atoms with Crippen molar-refractivity contribution < 1.29 is 0 Å². The zero-order valence-corrected chi connectivity index (χ0v) is 7.14. The maximum Gasteiger partial charge on any atom is 0.0991 e. The predicted octanol–water partition coefficient (Wildman–Crippen LogP) is 2.85. The minimum absolute atomic E-state index is 1.28. The van der Waals surface area contributed by atoms with Gasteiger partial charge in [0.1, 0.15) is 0 Å². The lowest BCUT2D eigenvalue weighted by Crippen LogP contribution is -1.89. The average molecular weight is 163 g/mol. The standard InChI is InChI=1S/C9H9NS/c1-8-4-2-6-10(8)9-5-3-7-11-9/h2-7H,1H3. The van der Waals surface area contributed by atoms with Gasteiger partial charge in [-0.3, -0.25) is 0 Å². The van der Waals surface area contributed by atoms with Crippen LogP contribution >= 0.6 is 11.3 Å². The smallest absolute Gasteiger partial charge is 0.0991 e. The van der Waals surface area contributed by atoms with E-state index in [9.17, 15) is 0 Å². The van der Waals surface area contributed by atoms with Gasteiger partial charge in [-0.15, -0.1) is 11.3 Å². The first-order valence-corrected chi connectivity index (χ1v) is 4.44. The second-order valence-corrected chi connectivity index (χ2v) is 3.40. The van der Waals surface area contributed by atoms with Crippen molar-refractivity contribution in [1.29, 1.82) is 0 Å². The van der Waals surface area contributed by atoms with E-state index in [0.717, 1.165) is 0 Å². The predicted molar refractivity (Wildman–Crippen MR) is 48.4 cm³/mol. The molecule has 2 aromatic heterocycles. The van der Waals surface area contributed by atoms with Crippen molar-refractivity contribution in [3.05, 3.63) is 41.5 Å². The highest BCUT2D eigenvalue weighted by Crippen LogP contribution is 2.16. The van der Waals surface area contributed by atoms with E-state index in [1.807, 2.05) is 0 Å². The van der Waals surface area contributed by atoms with Gasteiger partial charge in [-0.1, -0.05) is 0 Å². The van der Waals surface area contributed by atoms with Crippen LogP contribution in [0.4, 0.5) is 0 Å². The fourth-order valence-corrected chi connectivity index (χ4v) is 1.89. The molecule has 2 aromatic rings. The van der Waals surface area contributed by atoms with Crippen LogP contribution < -0.4 is 0 Å². The molecule has 0 saturated heterocycles. The zero-order chi connectivity index (χ0) is 7.68. The van der Waals surface area contributed by atoms with E-state index >= 15 is 0 Å². The highest BCUT2D eigenvalue weighted by molar-refractivity contribution is 7.12. The molecule has 0 aliphatic carbocycles. The molecule has 2 heteroatoms. The van der Waals surface area contributed by atoms with Crippen molar-refractivity contribution in [2.24, 2.45) is 0 Å². The highest BCUT2D eigenvalue weighted by atomic mass is 32.1. The van der Waals surface area contributed by atoms with Crippen LogP contribution in [0.5, 0.6) is 0 Å². The Labute approximate surface area is 69.9 Å². The molecule has 56 valence electrons. The Morgan fingerprint density at radius 1 is 1.27 bits per heavy atom. The molecule has 0 spiro atoms. The van der Waals surface area contributed by atoms with Crippen LogP contribution in [0.2, 0.25) is 0 Å². The molecule has 2 heterocycles. The van der Waals surface area contributed by atoms with Gasteiger partial charge in [0, 0.05) is 11.9 Å². The quantitative estimate of drug-likeness (QED) is 0.609. The minimum atomic E-state index is 1.28. The monoisotopic (exact) mass is 163 g/mol. The van der Waals surface area contributed by atoms with Crippen LogP contribution in [0.25, 0.3) is 5.00 Å². The Balaban J connectivity index is 2.53. The molecular formula is C9H9NS. The summed E-state index contributed by atoms with van der Waals surface area (Å²) in [6.07, 6.45) is 2.08. The molecule has 0 aliphatic heterocycles. The number of aromatic nitrogens is 1. The van der Waals surface area contributed by atoms with Crippen molar-refractivity contribution in [2.75, 3.05) is 0 Å². The molecule has 0 N–H and O–H groups in total. The van der Waals surface area contributed by atoms with E-state index < -0.39 is 0 Å². The summed E-state index contributed by atoms with van der Waals surface area (Å²) in [4.78, 5) is 0. The van der Waals surface area contributed by atoms with Crippen LogP contribution in [0.15, 0.2) is 35.8 Å². The van der Waals surface area contributed by atoms with E-state index in [0.29, 0.717) is 0 Å². The normalized spacial score (nSPS) is 10.3. The lowest BCUT2D eigenvalue weighted by Gasteiger charge is -1.99. The van der Waals surface area contributed by atoms with Crippen molar-refractivity contribution in [1.82, 2.24) is 4.57 Å². The molecule has 0 atom stereocenters. The summed E-state index contributed by atoms with van der Waals surface area (Å²) in [7, 11) is 0. The molecular weight excluding hydrogens is 154 g/mol. The van der Waals surface area contributed by atoms with Gasteiger partial charge in [-0.25, -0.2) is 0 Å². The molecule has 0 aromatic carbocycles. The summed E-state index contributed by atoms with van der Waals surface area (Å²) in [6.45, 7) is 2.11. The summed E-state index contributed by atoms with van der Waals surface area (Å²) in [6, 6.07) is 8.37. The average Bonchev–Trinajstić information content (AvgIpc) is 2.55. The van der Waals surface area contributed by atoms with Crippen LogP contribution in [0.1, 0.15) is 5.69 Å². The fraction of sp³-hybridized carbons (Fsp3) is 0.111. The first-order chi connectivity index (χ1) is 5.38. The van der Waals surface area contributed by atoms with Gasteiger partial charge in [-0.2, -0.15) is 0 Å². The second kappa shape index (κ2) is 2.55. The van der Waals surface area contributed by atoms with Crippen LogP contribution in [-0.4, -0.2) is 4.57 Å². The Bertz CT molecular complexity index is 332. The van der Waals surface area contributed by atoms with Crippen molar-refractivity contribution in [2.45, 2.75) is 6.92 Å². The van der Waals surface area contributed by atoms with Gasteiger partial charge in [0.05, 0.1) is 5.00 Å². The van der Waals surface area contributed by atoms with E-state index in [1.54, 1.807) is 11.3 Å². The summed E-state index contributed by atoms with van der Waals surface area (Å²) in [5.74, 6) is 0. The van der Waals surface area contributed by atoms with E-state index in [1.165, 1.54) is 10.7 Å². The summed E-state index contributed by atoms with van der Waals surface area (Å²) < 4.78 is 2.19. The Morgan fingerprint density at radius 3 is 2.73 bits per heavy atom. The van der Waals surface area contributed by atoms with E-state index in [2.05, 4.69) is 47.3 Å². The van der Waals surface area contributed by atoms with Gasteiger partial charge in [0.25, 0.3) is 0 Å². The summed E-state index contributed by atoms with van der Waals surface area (Å²) in [5, 5.41) is 3.38. The van der Waals surface area contributed by atoms with Crippen LogP contribution in [0, 0.1) is 6.92 Å². The Morgan fingerprint density at radius 2 is 2.18 bits per heavy atom. The largest absolute Gasteiger partial charge is 0.313 e. The van der Waals surface area contributed by atoms with Crippen LogP contribution in [0.3, 0.4) is 0 Å². The second-order valence-electron chi connectivity index (χ2n) is 2.47. The number of hydrogen-bond donors (Lipinski definition) is 0. The SMILES string of the molecule is Cc1cccn1-c1cccs1. The number of thiophene rings is 1. The molecule has 0 aliphatic rings. The Hall–Kier alpha value is -1.02. The number of nitrogens with zero attached hydrogens (tertiary/aromatic N) is 1. The molecule has 0 unspecified atom stereocenters. The maximum atomic E-state index is 2.19. The van der Waals surface area contributed by atoms with E-state index in [4.69, 9.17) is 0 Å². The first kappa shape index (κ1) is 6.68. The van der Waals surface area contributed by atoms with Crippen LogP contribution in [-0.2, 0) is 0 Å². The fourth-order valence-electron chi connectivity index (χ4n) is 1.12. The number of aryl methyl sites for hydroxylation is 1. The lowest BCUT2D eigenvalue weighted by atomic mass is 10.5. The topological polar surface area (TPSA) is 4.93 Å². The highest BCUT2D eigenvalue weighted by Gasteiger charge is 1.97. The van der Waals surface area contributed by atoms with Gasteiger partial charge < -0.3 is 4.57 Å². The molecule has 2 rings (SSSR count). The van der Waals surface area contributed by atoms with Gasteiger partial charge in [0.15, 0.2) is 0 Å². The van der Waals surface area contributed by atoms with Crippen molar-refractivity contribution >= 4 is 11.3 Å². The summed E-state index contributed by atoms with van der Waals surface area (Å²) in [5.41, 5.74) is 1.28. The first-order valence-electron chi connectivity index (χ1n) is 3.56. The third kappa shape index (κ3) is 1.10. The maximum absolute atomic E-state index is 2.19. The molecule has 0 fully saturated rings. The van der Waals surface area contributed by atoms with Gasteiger partial charge in [0.2, 0.25) is 0 Å². The molecule has 0 radical (unpaired) electrons. The van der Waals surface area contributed by atoms with E-state index in [-0.39, 0.29) is 0 Å². The number of hydrogen-bond acceptors (Lipinski definition) is 1. The van der Waals surface area contributed by atoms with Crippen molar-refractivity contribution in [3.8, 4) is 5.00 Å². The molecule has 0 bridgehead atoms. The zero-order valence-electron chi connectivity index (χ0n) is 6.32. The molecule has 0 amide bonds. The Kier molecular flexibility index (Phi) is 1.55. The van der Waals surface area contributed by atoms with Gasteiger partial charge in [-0.05, 0) is 36.6 Å².